The average molecular weight is 409 g/mol. The first-order valence-electron chi connectivity index (χ1n) is 10.0. The van der Waals surface area contributed by atoms with Gasteiger partial charge in [0.05, 0.1) is 12.1 Å². The maximum atomic E-state index is 13.6. The summed E-state index contributed by atoms with van der Waals surface area (Å²) in [5, 5.41) is 3.27. The van der Waals surface area contributed by atoms with Crippen molar-refractivity contribution in [3.05, 3.63) is 34.6 Å². The van der Waals surface area contributed by atoms with Crippen molar-refractivity contribution in [2.75, 3.05) is 19.7 Å². The molecule has 5 nitrogen and oxygen atoms in total. The minimum absolute atomic E-state index is 0.00980. The number of likely N-dealkylation sites (tertiary alicyclic amines) is 1. The number of rotatable bonds is 5. The van der Waals surface area contributed by atoms with E-state index in [1.165, 1.54) is 38.0 Å². The fourth-order valence-corrected chi connectivity index (χ4v) is 4.80. The summed E-state index contributed by atoms with van der Waals surface area (Å²) in [4.78, 5) is 26.3. The summed E-state index contributed by atoms with van der Waals surface area (Å²) in [6.45, 7) is 3.53. The van der Waals surface area contributed by atoms with Gasteiger partial charge in [-0.3, -0.25) is 9.59 Å². The molecule has 1 aliphatic heterocycles. The minimum atomic E-state index is -0.508. The third-order valence-corrected chi connectivity index (χ3v) is 6.36. The molecule has 0 bridgehead atoms. The van der Waals surface area contributed by atoms with Crippen LogP contribution in [0, 0.1) is 23.6 Å². The van der Waals surface area contributed by atoms with Crippen LogP contribution in [0.2, 0.25) is 5.02 Å². The SMILES string of the molecule is CC(=O)N[C@@H]1C[C@@H]2CN(C(=O)c3cc(F)cc(Cl)c3)C[C@@H]2C[C@H]1OCC1CC1. The number of amides is 2. The number of nitrogens with zero attached hydrogens (tertiary/aromatic N) is 1. The Morgan fingerprint density at radius 3 is 2.57 bits per heavy atom. The Morgan fingerprint density at radius 2 is 1.93 bits per heavy atom. The topological polar surface area (TPSA) is 58.6 Å². The van der Waals surface area contributed by atoms with Crippen LogP contribution in [0.4, 0.5) is 4.39 Å². The summed E-state index contributed by atoms with van der Waals surface area (Å²) in [5.41, 5.74) is 0.281. The van der Waals surface area contributed by atoms with E-state index in [0.717, 1.165) is 19.4 Å². The summed E-state index contributed by atoms with van der Waals surface area (Å²) in [6, 6.07) is 3.92. The van der Waals surface area contributed by atoms with E-state index in [-0.39, 0.29) is 34.5 Å². The van der Waals surface area contributed by atoms with Crippen molar-refractivity contribution in [2.45, 2.75) is 44.8 Å². The van der Waals surface area contributed by atoms with Gasteiger partial charge in [-0.25, -0.2) is 4.39 Å². The van der Waals surface area contributed by atoms with Crippen molar-refractivity contribution < 1.29 is 18.7 Å². The zero-order valence-corrected chi connectivity index (χ0v) is 16.8. The lowest BCUT2D eigenvalue weighted by atomic mass is 9.77. The number of hydrogen-bond acceptors (Lipinski definition) is 3. The first kappa shape index (κ1) is 19.6. The van der Waals surface area contributed by atoms with Gasteiger partial charge in [-0.05, 0) is 61.6 Å². The molecule has 3 aliphatic rings. The van der Waals surface area contributed by atoms with Gasteiger partial charge in [0, 0.05) is 37.2 Å². The van der Waals surface area contributed by atoms with Gasteiger partial charge in [-0.15, -0.1) is 0 Å². The molecule has 2 aliphatic carbocycles. The van der Waals surface area contributed by atoms with E-state index in [1.54, 1.807) is 4.90 Å². The van der Waals surface area contributed by atoms with E-state index < -0.39 is 5.82 Å². The molecule has 4 rings (SSSR count). The lowest BCUT2D eigenvalue weighted by Gasteiger charge is -2.38. The molecule has 1 aromatic rings. The van der Waals surface area contributed by atoms with E-state index in [2.05, 4.69) is 5.32 Å². The van der Waals surface area contributed by atoms with Crippen molar-refractivity contribution in [2.24, 2.45) is 17.8 Å². The molecule has 2 amide bonds. The second-order valence-electron chi connectivity index (χ2n) is 8.48. The quantitative estimate of drug-likeness (QED) is 0.813. The summed E-state index contributed by atoms with van der Waals surface area (Å²) in [7, 11) is 0. The van der Waals surface area contributed by atoms with Gasteiger partial charge in [0.15, 0.2) is 0 Å². The largest absolute Gasteiger partial charge is 0.376 e. The second kappa shape index (κ2) is 7.99. The molecule has 0 unspecified atom stereocenters. The lowest BCUT2D eigenvalue weighted by Crippen LogP contribution is -2.50. The highest BCUT2D eigenvalue weighted by molar-refractivity contribution is 6.31. The number of carbonyl (C=O) groups excluding carboxylic acids is 2. The minimum Gasteiger partial charge on any atom is -0.376 e. The fraction of sp³-hybridized carbons (Fsp3) is 0.619. The predicted molar refractivity (Wildman–Crippen MR) is 104 cm³/mol. The maximum absolute atomic E-state index is 13.6. The number of hydrogen-bond donors (Lipinski definition) is 1. The van der Waals surface area contributed by atoms with Crippen LogP contribution in [-0.4, -0.2) is 48.6 Å². The molecule has 0 spiro atoms. The van der Waals surface area contributed by atoms with Crippen LogP contribution in [-0.2, 0) is 9.53 Å². The van der Waals surface area contributed by atoms with Gasteiger partial charge >= 0.3 is 0 Å². The highest BCUT2D eigenvalue weighted by Crippen LogP contribution is 2.39. The number of benzene rings is 1. The predicted octanol–water partition coefficient (Wildman–Crippen LogP) is 3.26. The van der Waals surface area contributed by atoms with Crippen LogP contribution in [0.25, 0.3) is 0 Å². The van der Waals surface area contributed by atoms with Gasteiger partial charge in [0.2, 0.25) is 5.91 Å². The number of ether oxygens (including phenoxy) is 1. The monoisotopic (exact) mass is 408 g/mol. The van der Waals surface area contributed by atoms with Crippen molar-refractivity contribution in [3.8, 4) is 0 Å². The van der Waals surface area contributed by atoms with Crippen LogP contribution in [0.5, 0.6) is 0 Å². The van der Waals surface area contributed by atoms with Crippen LogP contribution in [0.3, 0.4) is 0 Å². The van der Waals surface area contributed by atoms with Crippen LogP contribution < -0.4 is 5.32 Å². The summed E-state index contributed by atoms with van der Waals surface area (Å²) in [5.74, 6) is 0.556. The first-order chi connectivity index (χ1) is 13.4. The molecular formula is C21H26ClFN2O3. The molecule has 28 heavy (non-hydrogen) atoms. The lowest BCUT2D eigenvalue weighted by molar-refractivity contribution is -0.122. The third kappa shape index (κ3) is 4.49. The number of nitrogens with one attached hydrogen (secondary N) is 1. The highest BCUT2D eigenvalue weighted by atomic mass is 35.5. The molecule has 1 N–H and O–H groups in total. The summed E-state index contributed by atoms with van der Waals surface area (Å²) >= 11 is 5.91. The fourth-order valence-electron chi connectivity index (χ4n) is 4.58. The molecular weight excluding hydrogens is 383 g/mol. The Kier molecular flexibility index (Phi) is 5.61. The van der Waals surface area contributed by atoms with Crippen molar-refractivity contribution in [1.82, 2.24) is 10.2 Å². The van der Waals surface area contributed by atoms with Crippen LogP contribution in [0.1, 0.15) is 43.0 Å². The molecule has 2 saturated carbocycles. The average Bonchev–Trinajstić information content (AvgIpc) is 3.36. The van der Waals surface area contributed by atoms with E-state index in [9.17, 15) is 14.0 Å². The van der Waals surface area contributed by atoms with E-state index in [4.69, 9.17) is 16.3 Å². The molecule has 1 aromatic carbocycles. The zero-order chi connectivity index (χ0) is 19.8. The summed E-state index contributed by atoms with van der Waals surface area (Å²) < 4.78 is 19.8. The van der Waals surface area contributed by atoms with Crippen LogP contribution in [0.15, 0.2) is 18.2 Å². The Morgan fingerprint density at radius 1 is 1.21 bits per heavy atom. The summed E-state index contributed by atoms with van der Waals surface area (Å²) in [6.07, 6.45) is 4.07. The Labute approximate surface area is 169 Å². The number of halogens is 2. The van der Waals surface area contributed by atoms with Gasteiger partial charge < -0.3 is 15.0 Å². The van der Waals surface area contributed by atoms with E-state index in [0.29, 0.717) is 30.8 Å². The molecule has 7 heteroatoms. The molecule has 1 saturated heterocycles. The molecule has 0 aromatic heterocycles. The molecule has 3 fully saturated rings. The van der Waals surface area contributed by atoms with E-state index in [1.807, 2.05) is 0 Å². The first-order valence-corrected chi connectivity index (χ1v) is 10.4. The van der Waals surface area contributed by atoms with Crippen LogP contribution >= 0.6 is 11.6 Å². The van der Waals surface area contributed by atoms with Gasteiger partial charge in [-0.2, -0.15) is 0 Å². The Bertz CT molecular complexity index is 750. The Balaban J connectivity index is 1.44. The highest BCUT2D eigenvalue weighted by Gasteiger charge is 2.44. The van der Waals surface area contributed by atoms with Crippen molar-refractivity contribution in [1.29, 1.82) is 0 Å². The second-order valence-corrected chi connectivity index (χ2v) is 8.92. The number of carbonyl (C=O) groups is 2. The Hall–Kier alpha value is -1.66. The van der Waals surface area contributed by atoms with Crippen molar-refractivity contribution >= 4 is 23.4 Å². The smallest absolute Gasteiger partial charge is 0.254 e. The van der Waals surface area contributed by atoms with Gasteiger partial charge in [-0.1, -0.05) is 11.6 Å². The maximum Gasteiger partial charge on any atom is 0.254 e. The van der Waals surface area contributed by atoms with Gasteiger partial charge in [0.1, 0.15) is 5.82 Å². The third-order valence-electron chi connectivity index (χ3n) is 6.15. The number of fused-ring (bicyclic) bond motifs is 1. The molecule has 1 heterocycles. The zero-order valence-electron chi connectivity index (χ0n) is 16.0. The van der Waals surface area contributed by atoms with E-state index >= 15 is 0 Å². The normalized spacial score (nSPS) is 29.5. The molecule has 152 valence electrons. The standard InChI is InChI=1S/C21H26ClFN2O3/c1-12(26)24-19-6-15-9-25(21(27)14-4-17(22)8-18(23)5-14)10-16(15)7-20(19)28-11-13-2-3-13/h4-5,8,13,15-16,19-20H,2-3,6-7,9-11H2,1H3,(H,24,26)/t15-,16+,19-,20-/m1/s1. The molecule has 4 atom stereocenters. The molecule has 0 radical (unpaired) electrons. The van der Waals surface area contributed by atoms with Gasteiger partial charge in [0.25, 0.3) is 5.91 Å². The van der Waals surface area contributed by atoms with Crippen molar-refractivity contribution in [3.63, 3.8) is 0 Å².